The Labute approximate surface area is 161 Å². The van der Waals surface area contributed by atoms with Crippen LogP contribution in [0.4, 0.5) is 5.95 Å². The van der Waals surface area contributed by atoms with Gasteiger partial charge in [0.2, 0.25) is 5.95 Å². The Hall–Kier alpha value is -3.22. The van der Waals surface area contributed by atoms with Crippen molar-refractivity contribution >= 4 is 34.0 Å². The number of amides is 1. The van der Waals surface area contributed by atoms with Gasteiger partial charge in [-0.1, -0.05) is 24.2 Å². The minimum absolute atomic E-state index is 0.215. The topological polar surface area (TPSA) is 85.8 Å². The quantitative estimate of drug-likeness (QED) is 0.558. The number of fused-ring (bicyclic) bond motifs is 2. The molecule has 0 aliphatic heterocycles. The summed E-state index contributed by atoms with van der Waals surface area (Å²) in [6.45, 7) is 4.71. The number of anilines is 1. The fraction of sp³-hybridized carbons (Fsp3) is 0.333. The molecule has 142 valence electrons. The van der Waals surface area contributed by atoms with E-state index in [9.17, 15) is 4.79 Å². The van der Waals surface area contributed by atoms with Crippen LogP contribution in [0.1, 0.15) is 53.8 Å². The van der Waals surface area contributed by atoms with Gasteiger partial charge in [-0.2, -0.15) is 0 Å². The van der Waals surface area contributed by atoms with E-state index in [0.717, 1.165) is 42.5 Å². The molecule has 0 radical (unpaired) electrons. The normalized spacial score (nSPS) is 14.1. The summed E-state index contributed by atoms with van der Waals surface area (Å²) in [5, 5.41) is 7.69. The molecule has 7 nitrogen and oxygen atoms in total. The van der Waals surface area contributed by atoms with E-state index in [-0.39, 0.29) is 5.91 Å². The number of para-hydroxylation sites is 2. The molecule has 4 aromatic rings. The highest BCUT2D eigenvalue weighted by Crippen LogP contribution is 2.40. The zero-order valence-electron chi connectivity index (χ0n) is 15.9. The lowest BCUT2D eigenvalue weighted by atomic mass is 10.1. The first-order valence-corrected chi connectivity index (χ1v) is 9.69. The van der Waals surface area contributed by atoms with Crippen molar-refractivity contribution in [2.45, 2.75) is 45.6 Å². The minimum Gasteiger partial charge on any atom is -0.336 e. The van der Waals surface area contributed by atoms with Crippen molar-refractivity contribution in [3.8, 4) is 0 Å². The lowest BCUT2D eigenvalue weighted by Gasteiger charge is -2.10. The van der Waals surface area contributed by atoms with Crippen LogP contribution < -0.4 is 5.32 Å². The minimum atomic E-state index is -0.215. The average molecular weight is 375 g/mol. The fourth-order valence-electron chi connectivity index (χ4n) is 3.67. The Balaban J connectivity index is 1.58. The number of rotatable bonds is 5. The molecule has 1 aromatic carbocycles. The van der Waals surface area contributed by atoms with E-state index in [1.807, 2.05) is 41.8 Å². The van der Waals surface area contributed by atoms with Gasteiger partial charge in [-0.15, -0.1) is 0 Å². The molecule has 0 unspecified atom stereocenters. The van der Waals surface area contributed by atoms with Crippen LogP contribution in [0.25, 0.3) is 22.1 Å². The van der Waals surface area contributed by atoms with E-state index in [0.29, 0.717) is 34.2 Å². The molecule has 1 aliphatic rings. The van der Waals surface area contributed by atoms with Crippen LogP contribution in [-0.2, 0) is 6.54 Å². The van der Waals surface area contributed by atoms with Crippen molar-refractivity contribution in [2.75, 3.05) is 5.32 Å². The second-order valence-electron chi connectivity index (χ2n) is 7.35. The molecule has 7 heteroatoms. The summed E-state index contributed by atoms with van der Waals surface area (Å²) < 4.78 is 7.41. The number of nitrogens with one attached hydrogen (secondary N) is 1. The average Bonchev–Trinajstić information content (AvgIpc) is 3.41. The summed E-state index contributed by atoms with van der Waals surface area (Å²) in [5.74, 6) is 0.749. The number of hydrogen-bond acceptors (Lipinski definition) is 5. The van der Waals surface area contributed by atoms with Crippen LogP contribution in [0.15, 0.2) is 34.9 Å². The molecule has 3 heterocycles. The molecule has 0 saturated heterocycles. The van der Waals surface area contributed by atoms with Gasteiger partial charge in [0.1, 0.15) is 0 Å². The van der Waals surface area contributed by atoms with Gasteiger partial charge in [-0.3, -0.25) is 10.1 Å². The molecule has 0 bridgehead atoms. The van der Waals surface area contributed by atoms with Crippen molar-refractivity contribution < 1.29 is 9.32 Å². The number of aromatic nitrogens is 4. The third-order valence-corrected chi connectivity index (χ3v) is 5.20. The molecule has 1 saturated carbocycles. The number of hydrogen-bond donors (Lipinski definition) is 1. The standard InChI is InChI=1S/C21H21N5O2/c1-3-10-26-17-7-5-4-6-15(17)23-21(26)24-19(27)14-11-16(13-8-9-13)22-20-18(14)12(2)25-28-20/h4-7,11,13H,3,8-10H2,1-2H3,(H,23,24,27). The maximum Gasteiger partial charge on any atom is 0.259 e. The fourth-order valence-corrected chi connectivity index (χ4v) is 3.67. The summed E-state index contributed by atoms with van der Waals surface area (Å²) >= 11 is 0. The molecule has 1 amide bonds. The van der Waals surface area contributed by atoms with E-state index in [1.165, 1.54) is 0 Å². The molecule has 1 aliphatic carbocycles. The van der Waals surface area contributed by atoms with Crippen molar-refractivity contribution in [3.05, 3.63) is 47.3 Å². The number of carbonyl (C=O) groups is 1. The highest BCUT2D eigenvalue weighted by molar-refractivity contribution is 6.12. The van der Waals surface area contributed by atoms with Gasteiger partial charge in [0.15, 0.2) is 0 Å². The molecule has 3 aromatic heterocycles. The van der Waals surface area contributed by atoms with Gasteiger partial charge in [-0.25, -0.2) is 9.97 Å². The Morgan fingerprint density at radius 1 is 1.29 bits per heavy atom. The predicted octanol–water partition coefficient (Wildman–Crippen LogP) is 4.42. The molecule has 0 atom stereocenters. The number of pyridine rings is 1. The van der Waals surface area contributed by atoms with E-state index >= 15 is 0 Å². The van der Waals surface area contributed by atoms with Crippen molar-refractivity contribution in [2.24, 2.45) is 0 Å². The summed E-state index contributed by atoms with van der Waals surface area (Å²) in [4.78, 5) is 22.4. The van der Waals surface area contributed by atoms with E-state index < -0.39 is 0 Å². The van der Waals surface area contributed by atoms with Gasteiger partial charge in [0.25, 0.3) is 11.6 Å². The Morgan fingerprint density at radius 2 is 2.11 bits per heavy atom. The van der Waals surface area contributed by atoms with Crippen LogP contribution in [-0.4, -0.2) is 25.6 Å². The summed E-state index contributed by atoms with van der Waals surface area (Å²) in [7, 11) is 0. The highest BCUT2D eigenvalue weighted by atomic mass is 16.5. The summed E-state index contributed by atoms with van der Waals surface area (Å²) in [6.07, 6.45) is 3.14. The molecule has 28 heavy (non-hydrogen) atoms. The van der Waals surface area contributed by atoms with Crippen LogP contribution in [0, 0.1) is 6.92 Å². The SMILES string of the molecule is CCCn1c(NC(=O)c2cc(C3CC3)nc3onc(C)c23)nc2ccccc21. The zero-order chi connectivity index (χ0) is 19.3. The van der Waals surface area contributed by atoms with Gasteiger partial charge < -0.3 is 9.09 Å². The lowest BCUT2D eigenvalue weighted by Crippen LogP contribution is -2.17. The number of aryl methyl sites for hydroxylation is 2. The molecular formula is C21H21N5O2. The van der Waals surface area contributed by atoms with Crippen LogP contribution in [0.3, 0.4) is 0 Å². The van der Waals surface area contributed by atoms with E-state index in [2.05, 4.69) is 27.4 Å². The third kappa shape index (κ3) is 2.74. The van der Waals surface area contributed by atoms with Crippen molar-refractivity contribution in [1.82, 2.24) is 19.7 Å². The Bertz CT molecular complexity index is 1200. The second kappa shape index (κ2) is 6.44. The molecule has 5 rings (SSSR count). The molecule has 0 spiro atoms. The van der Waals surface area contributed by atoms with Gasteiger partial charge >= 0.3 is 0 Å². The largest absolute Gasteiger partial charge is 0.336 e. The highest BCUT2D eigenvalue weighted by Gasteiger charge is 2.29. The second-order valence-corrected chi connectivity index (χ2v) is 7.35. The van der Waals surface area contributed by atoms with Crippen LogP contribution in [0.5, 0.6) is 0 Å². The van der Waals surface area contributed by atoms with Crippen LogP contribution in [0.2, 0.25) is 0 Å². The lowest BCUT2D eigenvalue weighted by molar-refractivity contribution is 0.102. The predicted molar refractivity (Wildman–Crippen MR) is 106 cm³/mol. The summed E-state index contributed by atoms with van der Waals surface area (Å²) in [5.41, 5.74) is 4.41. The molecular weight excluding hydrogens is 354 g/mol. The third-order valence-electron chi connectivity index (χ3n) is 5.20. The Kier molecular flexibility index (Phi) is 3.89. The Morgan fingerprint density at radius 3 is 2.89 bits per heavy atom. The van der Waals surface area contributed by atoms with Crippen molar-refractivity contribution in [3.63, 3.8) is 0 Å². The summed E-state index contributed by atoms with van der Waals surface area (Å²) in [6, 6.07) is 9.79. The van der Waals surface area contributed by atoms with Crippen molar-refractivity contribution in [1.29, 1.82) is 0 Å². The monoisotopic (exact) mass is 375 g/mol. The van der Waals surface area contributed by atoms with E-state index in [4.69, 9.17) is 4.52 Å². The number of benzene rings is 1. The van der Waals surface area contributed by atoms with Crippen LogP contribution >= 0.6 is 0 Å². The number of imidazole rings is 1. The molecule has 1 fully saturated rings. The maximum atomic E-state index is 13.2. The van der Waals surface area contributed by atoms with Gasteiger partial charge in [-0.05, 0) is 44.4 Å². The smallest absolute Gasteiger partial charge is 0.259 e. The first-order chi connectivity index (χ1) is 13.7. The number of nitrogens with zero attached hydrogens (tertiary/aromatic N) is 4. The maximum absolute atomic E-state index is 13.2. The van der Waals surface area contributed by atoms with Gasteiger partial charge in [0.05, 0.1) is 27.7 Å². The first-order valence-electron chi connectivity index (χ1n) is 9.69. The van der Waals surface area contributed by atoms with E-state index in [1.54, 1.807) is 0 Å². The van der Waals surface area contributed by atoms with Gasteiger partial charge in [0, 0.05) is 18.2 Å². The number of carbonyl (C=O) groups excluding carboxylic acids is 1. The molecule has 1 N–H and O–H groups in total. The zero-order valence-corrected chi connectivity index (χ0v) is 15.9. The first kappa shape index (κ1) is 16.9.